The minimum absolute atomic E-state index is 0.0967. The molecule has 2 atom stereocenters. The Balaban J connectivity index is 2.48. The van der Waals surface area contributed by atoms with E-state index in [0.29, 0.717) is 18.6 Å². The van der Waals surface area contributed by atoms with E-state index >= 15 is 0 Å². The summed E-state index contributed by atoms with van der Waals surface area (Å²) in [5.74, 6) is 4.96. The van der Waals surface area contributed by atoms with Crippen molar-refractivity contribution in [1.29, 1.82) is 0 Å². The normalized spacial score (nSPS) is 30.1. The van der Waals surface area contributed by atoms with Gasteiger partial charge in [0.1, 0.15) is 0 Å². The molecule has 2 unspecified atom stereocenters. The number of carbonyl (C=O) groups is 1. The largest absolute Gasteiger partial charge is 0.293 e. The molecule has 0 bridgehead atoms. The maximum absolute atomic E-state index is 11.1. The Morgan fingerprint density at radius 3 is 2.46 bits per heavy atom. The summed E-state index contributed by atoms with van der Waals surface area (Å²) in [7, 11) is 0. The number of piperidine rings is 1. The van der Waals surface area contributed by atoms with Crippen LogP contribution in [0.5, 0.6) is 0 Å². The molecule has 0 aromatic carbocycles. The van der Waals surface area contributed by atoms with Crippen molar-refractivity contribution in [2.45, 2.75) is 45.2 Å². The standard InChI is InChI=1S/C9H19N3O/c1-7-4-3-5-8(2)12(7)6-9(13)11-10/h7-8H,3-6,10H2,1-2H3,(H,11,13). The van der Waals surface area contributed by atoms with Gasteiger partial charge < -0.3 is 0 Å². The molecule has 1 heterocycles. The fraction of sp³-hybridized carbons (Fsp3) is 0.889. The highest BCUT2D eigenvalue weighted by Gasteiger charge is 2.25. The molecule has 0 radical (unpaired) electrons. The Bertz CT molecular complexity index is 174. The fourth-order valence-corrected chi connectivity index (χ4v) is 2.00. The second-order valence-electron chi connectivity index (χ2n) is 3.87. The van der Waals surface area contributed by atoms with E-state index in [2.05, 4.69) is 24.2 Å². The lowest BCUT2D eigenvalue weighted by atomic mass is 9.98. The van der Waals surface area contributed by atoms with Crippen LogP contribution in [0.2, 0.25) is 0 Å². The maximum Gasteiger partial charge on any atom is 0.248 e. The molecule has 0 aromatic heterocycles. The van der Waals surface area contributed by atoms with Crippen molar-refractivity contribution >= 4 is 5.91 Å². The van der Waals surface area contributed by atoms with Gasteiger partial charge in [-0.1, -0.05) is 6.42 Å². The fourth-order valence-electron chi connectivity index (χ4n) is 2.00. The predicted molar refractivity (Wildman–Crippen MR) is 51.8 cm³/mol. The van der Waals surface area contributed by atoms with Crippen LogP contribution >= 0.6 is 0 Å². The SMILES string of the molecule is CC1CCCC(C)N1CC(=O)NN. The summed E-state index contributed by atoms with van der Waals surface area (Å²) in [6.07, 6.45) is 3.63. The topological polar surface area (TPSA) is 58.4 Å². The van der Waals surface area contributed by atoms with Crippen LogP contribution in [-0.2, 0) is 4.79 Å². The summed E-state index contributed by atoms with van der Waals surface area (Å²) in [6, 6.07) is 1.00. The first-order valence-corrected chi connectivity index (χ1v) is 4.90. The summed E-state index contributed by atoms with van der Waals surface area (Å²) in [5, 5.41) is 0. The van der Waals surface area contributed by atoms with E-state index in [4.69, 9.17) is 5.84 Å². The quantitative estimate of drug-likeness (QED) is 0.368. The molecule has 1 saturated heterocycles. The van der Waals surface area contributed by atoms with Gasteiger partial charge in [0, 0.05) is 12.1 Å². The minimum Gasteiger partial charge on any atom is -0.293 e. The van der Waals surface area contributed by atoms with Crippen molar-refractivity contribution in [3.63, 3.8) is 0 Å². The van der Waals surface area contributed by atoms with Gasteiger partial charge in [-0.15, -0.1) is 0 Å². The summed E-state index contributed by atoms with van der Waals surface area (Å²) < 4.78 is 0. The Hall–Kier alpha value is -0.610. The van der Waals surface area contributed by atoms with Crippen LogP contribution in [0.25, 0.3) is 0 Å². The highest BCUT2D eigenvalue weighted by molar-refractivity contribution is 5.77. The van der Waals surface area contributed by atoms with Crippen LogP contribution in [0.4, 0.5) is 0 Å². The second-order valence-corrected chi connectivity index (χ2v) is 3.87. The van der Waals surface area contributed by atoms with E-state index in [-0.39, 0.29) is 5.91 Å². The number of nitrogens with one attached hydrogen (secondary N) is 1. The first kappa shape index (κ1) is 10.5. The molecule has 1 fully saturated rings. The second kappa shape index (κ2) is 4.58. The Morgan fingerprint density at radius 1 is 1.46 bits per heavy atom. The van der Waals surface area contributed by atoms with Crippen molar-refractivity contribution in [2.75, 3.05) is 6.54 Å². The molecular formula is C9H19N3O. The van der Waals surface area contributed by atoms with Crippen molar-refractivity contribution < 1.29 is 4.79 Å². The lowest BCUT2D eigenvalue weighted by molar-refractivity contribution is -0.123. The monoisotopic (exact) mass is 185 g/mol. The molecule has 4 nitrogen and oxygen atoms in total. The van der Waals surface area contributed by atoms with Crippen molar-refractivity contribution in [1.82, 2.24) is 10.3 Å². The first-order valence-electron chi connectivity index (χ1n) is 4.90. The van der Waals surface area contributed by atoms with Gasteiger partial charge in [0.2, 0.25) is 5.91 Å². The molecule has 0 aliphatic carbocycles. The van der Waals surface area contributed by atoms with Gasteiger partial charge in [0.15, 0.2) is 0 Å². The van der Waals surface area contributed by atoms with E-state index < -0.39 is 0 Å². The van der Waals surface area contributed by atoms with E-state index in [1.165, 1.54) is 19.3 Å². The Kier molecular flexibility index (Phi) is 3.69. The van der Waals surface area contributed by atoms with Gasteiger partial charge in [-0.3, -0.25) is 15.1 Å². The number of nitrogens with zero attached hydrogens (tertiary/aromatic N) is 1. The summed E-state index contributed by atoms with van der Waals surface area (Å²) in [4.78, 5) is 13.3. The molecule has 0 saturated carbocycles. The van der Waals surface area contributed by atoms with Crippen LogP contribution < -0.4 is 11.3 Å². The van der Waals surface area contributed by atoms with E-state index in [1.807, 2.05) is 0 Å². The number of hydrogen-bond acceptors (Lipinski definition) is 3. The molecule has 4 heteroatoms. The van der Waals surface area contributed by atoms with E-state index in [1.54, 1.807) is 0 Å². The summed E-state index contributed by atoms with van der Waals surface area (Å²) >= 11 is 0. The van der Waals surface area contributed by atoms with Gasteiger partial charge in [0.05, 0.1) is 6.54 Å². The van der Waals surface area contributed by atoms with Gasteiger partial charge >= 0.3 is 0 Å². The zero-order chi connectivity index (χ0) is 9.84. The first-order chi connectivity index (χ1) is 6.15. The van der Waals surface area contributed by atoms with Crippen LogP contribution in [-0.4, -0.2) is 29.4 Å². The number of nitrogens with two attached hydrogens (primary N) is 1. The Labute approximate surface area is 79.4 Å². The minimum atomic E-state index is -0.0967. The van der Waals surface area contributed by atoms with Crippen LogP contribution in [0.3, 0.4) is 0 Å². The predicted octanol–water partition coefficient (Wildman–Crippen LogP) is 0.239. The third-order valence-electron chi connectivity index (χ3n) is 2.86. The molecule has 1 aliphatic rings. The van der Waals surface area contributed by atoms with Crippen LogP contribution in [0, 0.1) is 0 Å². The van der Waals surface area contributed by atoms with E-state index in [0.717, 1.165) is 0 Å². The average molecular weight is 185 g/mol. The van der Waals surface area contributed by atoms with Crippen molar-refractivity contribution in [2.24, 2.45) is 5.84 Å². The Morgan fingerprint density at radius 2 is 2.00 bits per heavy atom. The van der Waals surface area contributed by atoms with E-state index in [9.17, 15) is 4.79 Å². The number of amides is 1. The highest BCUT2D eigenvalue weighted by Crippen LogP contribution is 2.21. The molecule has 1 rings (SSSR count). The van der Waals surface area contributed by atoms with Crippen LogP contribution in [0.15, 0.2) is 0 Å². The van der Waals surface area contributed by atoms with Crippen molar-refractivity contribution in [3.05, 3.63) is 0 Å². The summed E-state index contributed by atoms with van der Waals surface area (Å²) in [5.41, 5.74) is 2.17. The molecular weight excluding hydrogens is 166 g/mol. The van der Waals surface area contributed by atoms with Gasteiger partial charge in [-0.25, -0.2) is 5.84 Å². The van der Waals surface area contributed by atoms with Crippen LogP contribution in [0.1, 0.15) is 33.1 Å². The van der Waals surface area contributed by atoms with Gasteiger partial charge in [-0.05, 0) is 26.7 Å². The summed E-state index contributed by atoms with van der Waals surface area (Å²) in [6.45, 7) is 4.76. The third kappa shape index (κ3) is 2.67. The number of hydrogen-bond donors (Lipinski definition) is 2. The molecule has 3 N–H and O–H groups in total. The highest BCUT2D eigenvalue weighted by atomic mass is 16.2. The average Bonchev–Trinajstić information content (AvgIpc) is 2.11. The maximum atomic E-state index is 11.1. The molecule has 76 valence electrons. The van der Waals surface area contributed by atoms with Crippen molar-refractivity contribution in [3.8, 4) is 0 Å². The number of carbonyl (C=O) groups excluding carboxylic acids is 1. The number of likely N-dealkylation sites (tertiary alicyclic amines) is 1. The smallest absolute Gasteiger partial charge is 0.248 e. The third-order valence-corrected chi connectivity index (χ3v) is 2.86. The molecule has 0 spiro atoms. The zero-order valence-electron chi connectivity index (χ0n) is 8.42. The van der Waals surface area contributed by atoms with Gasteiger partial charge in [-0.2, -0.15) is 0 Å². The lowest BCUT2D eigenvalue weighted by Gasteiger charge is -2.38. The molecule has 0 aromatic rings. The number of rotatable bonds is 2. The number of hydrazine groups is 1. The van der Waals surface area contributed by atoms with Gasteiger partial charge in [0.25, 0.3) is 0 Å². The zero-order valence-corrected chi connectivity index (χ0v) is 8.42. The molecule has 1 amide bonds. The molecule has 13 heavy (non-hydrogen) atoms. The molecule has 1 aliphatic heterocycles. The lowest BCUT2D eigenvalue weighted by Crippen LogP contribution is -2.49.